The van der Waals surface area contributed by atoms with E-state index in [0.29, 0.717) is 23.5 Å². The summed E-state index contributed by atoms with van der Waals surface area (Å²) < 4.78 is 1.19. The van der Waals surface area contributed by atoms with Gasteiger partial charge in [-0.1, -0.05) is 6.92 Å². The zero-order valence-corrected chi connectivity index (χ0v) is 9.07. The Morgan fingerprint density at radius 1 is 1.47 bits per heavy atom. The molecule has 0 atom stereocenters. The van der Waals surface area contributed by atoms with E-state index in [9.17, 15) is 9.59 Å². The molecule has 0 aliphatic rings. The Morgan fingerprint density at radius 2 is 2.07 bits per heavy atom. The van der Waals surface area contributed by atoms with Gasteiger partial charge >= 0.3 is 5.97 Å². The predicted octanol–water partition coefficient (Wildman–Crippen LogP) is 0.507. The molecule has 0 fully saturated rings. The van der Waals surface area contributed by atoms with E-state index in [1.54, 1.807) is 13.8 Å². The Kier molecular flexibility index (Phi) is 3.24. The van der Waals surface area contributed by atoms with E-state index in [0.717, 1.165) is 0 Å². The molecule has 0 aliphatic heterocycles. The number of rotatable bonds is 3. The van der Waals surface area contributed by atoms with Gasteiger partial charge in [-0.15, -0.1) is 0 Å². The predicted molar refractivity (Wildman–Crippen MR) is 55.0 cm³/mol. The van der Waals surface area contributed by atoms with Crippen LogP contribution in [0.4, 0.5) is 0 Å². The average molecular weight is 210 g/mol. The number of carbonyl (C=O) groups is 1. The highest BCUT2D eigenvalue weighted by Gasteiger charge is 2.11. The summed E-state index contributed by atoms with van der Waals surface area (Å²) in [5.74, 6) is -0.593. The number of nitrogens with zero attached hydrogens (tertiary/aromatic N) is 2. The molecule has 1 heterocycles. The average Bonchev–Trinajstić information content (AvgIpc) is 2.12. The molecular weight excluding hydrogens is 196 g/mol. The summed E-state index contributed by atoms with van der Waals surface area (Å²) >= 11 is 0. The van der Waals surface area contributed by atoms with E-state index < -0.39 is 5.97 Å². The van der Waals surface area contributed by atoms with Gasteiger partial charge in [-0.25, -0.2) is 4.98 Å². The van der Waals surface area contributed by atoms with Gasteiger partial charge in [0.2, 0.25) is 0 Å². The first-order valence-electron chi connectivity index (χ1n) is 4.76. The largest absolute Gasteiger partial charge is 0.480 e. The van der Waals surface area contributed by atoms with Gasteiger partial charge in [0.15, 0.2) is 0 Å². The summed E-state index contributed by atoms with van der Waals surface area (Å²) in [6.45, 7) is 4.92. The number of aliphatic carboxylic acids is 1. The molecule has 15 heavy (non-hydrogen) atoms. The molecule has 0 radical (unpaired) electrons. The second-order valence-electron chi connectivity index (χ2n) is 3.36. The Bertz CT molecular complexity index is 449. The van der Waals surface area contributed by atoms with Gasteiger partial charge in [-0.2, -0.15) is 0 Å². The molecule has 0 aliphatic carbocycles. The lowest BCUT2D eigenvalue weighted by molar-refractivity contribution is -0.137. The van der Waals surface area contributed by atoms with Crippen LogP contribution >= 0.6 is 0 Å². The molecule has 0 spiro atoms. The monoisotopic (exact) mass is 210 g/mol. The smallest absolute Gasteiger partial charge is 0.323 e. The molecule has 0 aromatic carbocycles. The van der Waals surface area contributed by atoms with Crippen LogP contribution < -0.4 is 5.56 Å². The molecule has 0 unspecified atom stereocenters. The van der Waals surface area contributed by atoms with Crippen molar-refractivity contribution in [3.63, 3.8) is 0 Å². The molecule has 0 saturated carbocycles. The lowest BCUT2D eigenvalue weighted by atomic mass is 10.2. The number of carboxylic acid groups (broad SMARTS) is 1. The van der Waals surface area contributed by atoms with Crippen LogP contribution in [0, 0.1) is 13.8 Å². The Labute approximate surface area is 87.4 Å². The molecule has 1 rings (SSSR count). The fourth-order valence-corrected chi connectivity index (χ4v) is 1.56. The van der Waals surface area contributed by atoms with E-state index in [2.05, 4.69) is 4.98 Å². The topological polar surface area (TPSA) is 72.2 Å². The fourth-order valence-electron chi connectivity index (χ4n) is 1.56. The Balaban J connectivity index is 3.39. The van der Waals surface area contributed by atoms with Gasteiger partial charge in [0, 0.05) is 11.3 Å². The Morgan fingerprint density at radius 3 is 2.53 bits per heavy atom. The van der Waals surface area contributed by atoms with Gasteiger partial charge < -0.3 is 5.11 Å². The summed E-state index contributed by atoms with van der Waals surface area (Å²) in [5.41, 5.74) is 1.02. The standard InChI is InChI=1S/C10H14N2O3/c1-4-8-6(2)11-7(3)12(10(8)15)5-9(13)14/h4-5H2,1-3H3,(H,13,14). The highest BCUT2D eigenvalue weighted by molar-refractivity contribution is 5.66. The summed E-state index contributed by atoms with van der Waals surface area (Å²) in [7, 11) is 0. The van der Waals surface area contributed by atoms with E-state index in [-0.39, 0.29) is 12.1 Å². The van der Waals surface area contributed by atoms with Crippen molar-refractivity contribution >= 4 is 5.97 Å². The minimum Gasteiger partial charge on any atom is -0.480 e. The first kappa shape index (κ1) is 11.4. The summed E-state index contributed by atoms with van der Waals surface area (Å²) in [4.78, 5) is 26.6. The highest BCUT2D eigenvalue weighted by atomic mass is 16.4. The van der Waals surface area contributed by atoms with E-state index >= 15 is 0 Å². The number of aryl methyl sites for hydroxylation is 2. The maximum Gasteiger partial charge on any atom is 0.323 e. The van der Waals surface area contributed by atoms with Crippen LogP contribution in [0.2, 0.25) is 0 Å². The molecule has 5 nitrogen and oxygen atoms in total. The molecule has 0 bridgehead atoms. The summed E-state index contributed by atoms with van der Waals surface area (Å²) in [5, 5.41) is 8.66. The van der Waals surface area contributed by atoms with Gasteiger partial charge in [0.05, 0.1) is 0 Å². The van der Waals surface area contributed by atoms with Crippen molar-refractivity contribution in [3.05, 3.63) is 27.4 Å². The summed E-state index contributed by atoms with van der Waals surface area (Å²) in [6.07, 6.45) is 0.567. The van der Waals surface area contributed by atoms with Crippen LogP contribution in [-0.2, 0) is 17.8 Å². The van der Waals surface area contributed by atoms with Crippen molar-refractivity contribution in [3.8, 4) is 0 Å². The van der Waals surface area contributed by atoms with Crippen LogP contribution in [0.1, 0.15) is 24.0 Å². The van der Waals surface area contributed by atoms with Crippen molar-refractivity contribution in [1.82, 2.24) is 9.55 Å². The van der Waals surface area contributed by atoms with Crippen LogP contribution in [0.3, 0.4) is 0 Å². The van der Waals surface area contributed by atoms with Crippen LogP contribution in [-0.4, -0.2) is 20.6 Å². The first-order chi connectivity index (χ1) is 6.97. The number of hydrogen-bond donors (Lipinski definition) is 1. The van der Waals surface area contributed by atoms with Gasteiger partial charge in [0.25, 0.3) is 5.56 Å². The van der Waals surface area contributed by atoms with Crippen LogP contribution in [0.15, 0.2) is 4.79 Å². The van der Waals surface area contributed by atoms with Crippen LogP contribution in [0.25, 0.3) is 0 Å². The lowest BCUT2D eigenvalue weighted by Crippen LogP contribution is -2.30. The van der Waals surface area contributed by atoms with Crippen molar-refractivity contribution in [2.75, 3.05) is 0 Å². The van der Waals surface area contributed by atoms with Crippen molar-refractivity contribution < 1.29 is 9.90 Å². The first-order valence-corrected chi connectivity index (χ1v) is 4.76. The van der Waals surface area contributed by atoms with Crippen molar-refractivity contribution in [2.24, 2.45) is 0 Å². The third-order valence-corrected chi connectivity index (χ3v) is 2.31. The zero-order chi connectivity index (χ0) is 11.6. The van der Waals surface area contributed by atoms with Crippen molar-refractivity contribution in [1.29, 1.82) is 0 Å². The van der Waals surface area contributed by atoms with Crippen molar-refractivity contribution in [2.45, 2.75) is 33.7 Å². The fraction of sp³-hybridized carbons (Fsp3) is 0.500. The highest BCUT2D eigenvalue weighted by Crippen LogP contribution is 2.02. The molecule has 0 saturated heterocycles. The second kappa shape index (κ2) is 4.25. The zero-order valence-electron chi connectivity index (χ0n) is 9.07. The van der Waals surface area contributed by atoms with Gasteiger partial charge in [-0.05, 0) is 20.3 Å². The number of carboxylic acids is 1. The summed E-state index contributed by atoms with van der Waals surface area (Å²) in [6, 6.07) is 0. The molecule has 0 amide bonds. The molecule has 1 aromatic heterocycles. The SMILES string of the molecule is CCc1c(C)nc(C)n(CC(=O)O)c1=O. The third-order valence-electron chi connectivity index (χ3n) is 2.31. The third kappa shape index (κ3) is 2.23. The molecule has 1 N–H and O–H groups in total. The molecular formula is C10H14N2O3. The maximum absolute atomic E-state index is 11.8. The van der Waals surface area contributed by atoms with E-state index in [4.69, 9.17) is 5.11 Å². The lowest BCUT2D eigenvalue weighted by Gasteiger charge is -2.10. The van der Waals surface area contributed by atoms with E-state index in [1.807, 2.05) is 6.92 Å². The minimum atomic E-state index is -1.03. The Hall–Kier alpha value is -1.65. The second-order valence-corrected chi connectivity index (χ2v) is 3.36. The number of hydrogen-bond acceptors (Lipinski definition) is 3. The molecule has 82 valence electrons. The quantitative estimate of drug-likeness (QED) is 0.788. The molecule has 1 aromatic rings. The van der Waals surface area contributed by atoms with Gasteiger partial charge in [0.1, 0.15) is 12.4 Å². The normalized spacial score (nSPS) is 10.3. The van der Waals surface area contributed by atoms with Gasteiger partial charge in [-0.3, -0.25) is 14.2 Å². The van der Waals surface area contributed by atoms with Crippen LogP contribution in [0.5, 0.6) is 0 Å². The maximum atomic E-state index is 11.8. The minimum absolute atomic E-state index is 0.245. The molecule has 5 heteroatoms. The van der Waals surface area contributed by atoms with E-state index in [1.165, 1.54) is 4.57 Å². The number of aromatic nitrogens is 2.